The van der Waals surface area contributed by atoms with E-state index in [1.165, 1.54) is 12.8 Å². The van der Waals surface area contributed by atoms with Gasteiger partial charge in [-0.25, -0.2) is 0 Å². The summed E-state index contributed by atoms with van der Waals surface area (Å²) >= 11 is 0. The Balaban J connectivity index is 1.87. The third-order valence-corrected chi connectivity index (χ3v) is 3.36. The number of piperidine rings is 1. The lowest BCUT2D eigenvalue weighted by atomic mass is 9.98. The normalized spacial score (nSPS) is 17.9. The average molecular weight is 233 g/mol. The summed E-state index contributed by atoms with van der Waals surface area (Å²) in [5.41, 5.74) is 0.639. The number of carbonyl (C=O) groups excluding carboxylic acids is 1. The molecule has 1 aliphatic heterocycles. The minimum atomic E-state index is 0.617. The van der Waals surface area contributed by atoms with Crippen molar-refractivity contribution in [3.63, 3.8) is 0 Å². The van der Waals surface area contributed by atoms with Crippen LogP contribution in [0.1, 0.15) is 23.2 Å². The standard InChI is InChI=1S/C14H19NO2/c1-15-8-6-12(7-9-15)11-17-14-5-3-2-4-13(14)10-16/h2-5,10,12H,6-9,11H2,1H3. The molecule has 1 fully saturated rings. The zero-order chi connectivity index (χ0) is 12.1. The van der Waals surface area contributed by atoms with Crippen LogP contribution in [0, 0.1) is 5.92 Å². The largest absolute Gasteiger partial charge is 0.493 e. The molecular weight excluding hydrogens is 214 g/mol. The lowest BCUT2D eigenvalue weighted by molar-refractivity contribution is 0.111. The van der Waals surface area contributed by atoms with E-state index in [0.29, 0.717) is 17.2 Å². The van der Waals surface area contributed by atoms with Crippen LogP contribution < -0.4 is 4.74 Å². The topological polar surface area (TPSA) is 29.5 Å². The monoisotopic (exact) mass is 233 g/mol. The van der Waals surface area contributed by atoms with E-state index in [2.05, 4.69) is 11.9 Å². The molecule has 0 atom stereocenters. The highest BCUT2D eigenvalue weighted by molar-refractivity contribution is 5.79. The third-order valence-electron chi connectivity index (χ3n) is 3.36. The van der Waals surface area contributed by atoms with Crippen molar-refractivity contribution in [1.82, 2.24) is 4.90 Å². The summed E-state index contributed by atoms with van der Waals surface area (Å²) in [7, 11) is 2.15. The second-order valence-electron chi connectivity index (χ2n) is 4.71. The van der Waals surface area contributed by atoms with Crippen LogP contribution in [0.25, 0.3) is 0 Å². The molecule has 0 spiro atoms. The highest BCUT2D eigenvalue weighted by Gasteiger charge is 2.17. The van der Waals surface area contributed by atoms with Crippen molar-refractivity contribution in [2.45, 2.75) is 12.8 Å². The van der Waals surface area contributed by atoms with Crippen molar-refractivity contribution in [3.05, 3.63) is 29.8 Å². The van der Waals surface area contributed by atoms with Gasteiger partial charge >= 0.3 is 0 Å². The van der Waals surface area contributed by atoms with Gasteiger partial charge in [-0.1, -0.05) is 12.1 Å². The molecule has 0 aromatic heterocycles. The second kappa shape index (κ2) is 5.82. The van der Waals surface area contributed by atoms with Crippen molar-refractivity contribution in [1.29, 1.82) is 0 Å². The zero-order valence-corrected chi connectivity index (χ0v) is 10.3. The van der Waals surface area contributed by atoms with E-state index in [1.807, 2.05) is 18.2 Å². The molecule has 0 aliphatic carbocycles. The predicted octanol–water partition coefficient (Wildman–Crippen LogP) is 2.22. The van der Waals surface area contributed by atoms with Crippen LogP contribution >= 0.6 is 0 Å². The Morgan fingerprint density at radius 1 is 1.35 bits per heavy atom. The molecule has 1 heterocycles. The first kappa shape index (κ1) is 12.1. The quantitative estimate of drug-likeness (QED) is 0.747. The molecule has 0 N–H and O–H groups in total. The average Bonchev–Trinajstić information content (AvgIpc) is 2.38. The molecule has 3 heteroatoms. The summed E-state index contributed by atoms with van der Waals surface area (Å²) in [4.78, 5) is 13.2. The van der Waals surface area contributed by atoms with Crippen LogP contribution in [0.5, 0.6) is 5.75 Å². The number of carbonyl (C=O) groups is 1. The molecule has 92 valence electrons. The zero-order valence-electron chi connectivity index (χ0n) is 10.3. The van der Waals surface area contributed by atoms with E-state index in [4.69, 9.17) is 4.74 Å². The third kappa shape index (κ3) is 3.30. The number of likely N-dealkylation sites (tertiary alicyclic amines) is 1. The van der Waals surface area contributed by atoms with Crippen LogP contribution in [0.15, 0.2) is 24.3 Å². The first-order valence-electron chi connectivity index (χ1n) is 6.15. The highest BCUT2D eigenvalue weighted by Crippen LogP contribution is 2.20. The maximum Gasteiger partial charge on any atom is 0.153 e. The Kier molecular flexibility index (Phi) is 4.15. The minimum absolute atomic E-state index is 0.617. The van der Waals surface area contributed by atoms with Gasteiger partial charge in [-0.15, -0.1) is 0 Å². The Bertz CT molecular complexity index is 370. The van der Waals surface area contributed by atoms with Gasteiger partial charge in [0.25, 0.3) is 0 Å². The Morgan fingerprint density at radius 2 is 2.06 bits per heavy atom. The summed E-state index contributed by atoms with van der Waals surface area (Å²) in [6.07, 6.45) is 3.21. The molecule has 3 nitrogen and oxygen atoms in total. The summed E-state index contributed by atoms with van der Waals surface area (Å²) in [6.45, 7) is 3.01. The lowest BCUT2D eigenvalue weighted by Gasteiger charge is -2.28. The fourth-order valence-corrected chi connectivity index (χ4v) is 2.15. The first-order valence-corrected chi connectivity index (χ1v) is 6.15. The lowest BCUT2D eigenvalue weighted by Crippen LogP contribution is -2.32. The molecule has 17 heavy (non-hydrogen) atoms. The minimum Gasteiger partial charge on any atom is -0.493 e. The van der Waals surface area contributed by atoms with E-state index in [-0.39, 0.29) is 0 Å². The van der Waals surface area contributed by atoms with Gasteiger partial charge < -0.3 is 9.64 Å². The van der Waals surface area contributed by atoms with Crippen LogP contribution in [-0.4, -0.2) is 37.9 Å². The van der Waals surface area contributed by atoms with E-state index < -0.39 is 0 Å². The van der Waals surface area contributed by atoms with Gasteiger partial charge in [-0.05, 0) is 51.0 Å². The Morgan fingerprint density at radius 3 is 2.76 bits per heavy atom. The second-order valence-corrected chi connectivity index (χ2v) is 4.71. The summed E-state index contributed by atoms with van der Waals surface area (Å²) in [5, 5.41) is 0. The molecule has 2 rings (SSSR count). The van der Waals surface area contributed by atoms with E-state index in [1.54, 1.807) is 6.07 Å². The van der Waals surface area contributed by atoms with Gasteiger partial charge in [0, 0.05) is 0 Å². The number of hydrogen-bond acceptors (Lipinski definition) is 3. The van der Waals surface area contributed by atoms with Crippen molar-refractivity contribution in [2.24, 2.45) is 5.92 Å². The van der Waals surface area contributed by atoms with Crippen LogP contribution in [0.3, 0.4) is 0 Å². The van der Waals surface area contributed by atoms with E-state index in [0.717, 1.165) is 26.0 Å². The van der Waals surface area contributed by atoms with Crippen molar-refractivity contribution >= 4 is 6.29 Å². The molecule has 1 aliphatic rings. The predicted molar refractivity (Wildman–Crippen MR) is 67.5 cm³/mol. The molecule has 0 saturated carbocycles. The molecule has 0 radical (unpaired) electrons. The summed E-state index contributed by atoms with van der Waals surface area (Å²) in [5.74, 6) is 1.33. The highest BCUT2D eigenvalue weighted by atomic mass is 16.5. The number of nitrogens with zero attached hydrogens (tertiary/aromatic N) is 1. The van der Waals surface area contributed by atoms with E-state index >= 15 is 0 Å². The first-order chi connectivity index (χ1) is 8.29. The fraction of sp³-hybridized carbons (Fsp3) is 0.500. The van der Waals surface area contributed by atoms with Crippen LogP contribution in [0.4, 0.5) is 0 Å². The van der Waals surface area contributed by atoms with Crippen molar-refractivity contribution < 1.29 is 9.53 Å². The number of benzene rings is 1. The van der Waals surface area contributed by atoms with Gasteiger partial charge in [-0.3, -0.25) is 4.79 Å². The number of aldehydes is 1. The number of rotatable bonds is 4. The van der Waals surface area contributed by atoms with Crippen LogP contribution in [-0.2, 0) is 0 Å². The van der Waals surface area contributed by atoms with Crippen LogP contribution in [0.2, 0.25) is 0 Å². The van der Waals surface area contributed by atoms with Gasteiger partial charge in [0.15, 0.2) is 6.29 Å². The summed E-state index contributed by atoms with van der Waals surface area (Å²) in [6, 6.07) is 7.40. The number of hydrogen-bond donors (Lipinski definition) is 0. The maximum absolute atomic E-state index is 10.8. The Hall–Kier alpha value is -1.35. The van der Waals surface area contributed by atoms with Gasteiger partial charge in [-0.2, -0.15) is 0 Å². The molecule has 0 unspecified atom stereocenters. The van der Waals surface area contributed by atoms with Gasteiger partial charge in [0.1, 0.15) is 5.75 Å². The fourth-order valence-electron chi connectivity index (χ4n) is 2.15. The van der Waals surface area contributed by atoms with E-state index in [9.17, 15) is 4.79 Å². The number of ether oxygens (including phenoxy) is 1. The molecule has 0 bridgehead atoms. The molecule has 1 aromatic rings. The molecule has 1 aromatic carbocycles. The maximum atomic E-state index is 10.8. The van der Waals surface area contributed by atoms with Gasteiger partial charge in [0.2, 0.25) is 0 Å². The Labute approximate surface area is 102 Å². The van der Waals surface area contributed by atoms with Gasteiger partial charge in [0.05, 0.1) is 12.2 Å². The number of para-hydroxylation sites is 1. The van der Waals surface area contributed by atoms with Crippen molar-refractivity contribution in [2.75, 3.05) is 26.7 Å². The smallest absolute Gasteiger partial charge is 0.153 e. The SMILES string of the molecule is CN1CCC(COc2ccccc2C=O)CC1. The molecule has 0 amide bonds. The molecule has 1 saturated heterocycles. The molecular formula is C14H19NO2. The summed E-state index contributed by atoms with van der Waals surface area (Å²) < 4.78 is 5.75. The van der Waals surface area contributed by atoms with Crippen molar-refractivity contribution in [3.8, 4) is 5.75 Å².